The molecular formula is C30H36F2N8O. The zero-order valence-electron chi connectivity index (χ0n) is 23.5. The van der Waals surface area contributed by atoms with Crippen LogP contribution in [0.4, 0.5) is 14.5 Å². The monoisotopic (exact) mass is 562 g/mol. The molecule has 9 nitrogen and oxygen atoms in total. The van der Waals surface area contributed by atoms with Gasteiger partial charge in [0.05, 0.1) is 29.6 Å². The SMILES string of the molecule is C=N/C=C(\C=C(/C)c1ccc2[nH]nc(C(=O)Nc3ccc(CN4CCN(C)CC4)nc3)c2c1)CN1CCC(F)(F)C1. The average molecular weight is 563 g/mol. The number of rotatable bonds is 9. The van der Waals surface area contributed by atoms with E-state index in [9.17, 15) is 13.6 Å². The number of anilines is 1. The fourth-order valence-corrected chi connectivity index (χ4v) is 5.25. The summed E-state index contributed by atoms with van der Waals surface area (Å²) in [4.78, 5) is 28.0. The molecule has 3 aromatic rings. The number of carbonyl (C=O) groups is 1. The van der Waals surface area contributed by atoms with E-state index in [2.05, 4.69) is 49.1 Å². The van der Waals surface area contributed by atoms with E-state index in [0.29, 0.717) is 24.2 Å². The van der Waals surface area contributed by atoms with Crippen molar-refractivity contribution in [1.82, 2.24) is 29.9 Å². The highest BCUT2D eigenvalue weighted by atomic mass is 19.3. The van der Waals surface area contributed by atoms with E-state index < -0.39 is 5.92 Å². The van der Waals surface area contributed by atoms with Gasteiger partial charge in [-0.05, 0) is 61.7 Å². The lowest BCUT2D eigenvalue weighted by Gasteiger charge is -2.32. The van der Waals surface area contributed by atoms with Crippen LogP contribution in [0.3, 0.4) is 0 Å². The van der Waals surface area contributed by atoms with Crippen molar-refractivity contribution in [3.05, 3.63) is 71.3 Å². The molecule has 0 spiro atoms. The van der Waals surface area contributed by atoms with Gasteiger partial charge in [-0.25, -0.2) is 8.78 Å². The molecule has 41 heavy (non-hydrogen) atoms. The predicted molar refractivity (Wildman–Crippen MR) is 158 cm³/mol. The van der Waals surface area contributed by atoms with Crippen LogP contribution >= 0.6 is 0 Å². The van der Waals surface area contributed by atoms with Crippen molar-refractivity contribution < 1.29 is 13.6 Å². The van der Waals surface area contributed by atoms with Gasteiger partial charge in [-0.2, -0.15) is 5.10 Å². The Morgan fingerprint density at radius 2 is 1.98 bits per heavy atom. The molecule has 0 aliphatic carbocycles. The zero-order chi connectivity index (χ0) is 29.0. The number of alkyl halides is 2. The van der Waals surface area contributed by atoms with Gasteiger partial charge in [0.2, 0.25) is 0 Å². The van der Waals surface area contributed by atoms with E-state index in [-0.39, 0.29) is 24.6 Å². The second-order valence-electron chi connectivity index (χ2n) is 10.9. The van der Waals surface area contributed by atoms with E-state index in [1.54, 1.807) is 17.3 Å². The number of nitrogens with zero attached hydrogens (tertiary/aromatic N) is 6. The number of pyridine rings is 1. The van der Waals surface area contributed by atoms with Gasteiger partial charge in [-0.3, -0.25) is 29.7 Å². The first-order chi connectivity index (χ1) is 19.7. The van der Waals surface area contributed by atoms with Crippen LogP contribution in [-0.4, -0.2) is 101 Å². The van der Waals surface area contributed by atoms with Gasteiger partial charge < -0.3 is 10.2 Å². The molecule has 2 fully saturated rings. The molecule has 1 amide bonds. The van der Waals surface area contributed by atoms with Crippen LogP contribution in [0, 0.1) is 0 Å². The lowest BCUT2D eigenvalue weighted by molar-refractivity contribution is 0.0131. The van der Waals surface area contributed by atoms with Crippen molar-refractivity contribution in [3.8, 4) is 0 Å². The second-order valence-corrected chi connectivity index (χ2v) is 10.9. The van der Waals surface area contributed by atoms with Crippen LogP contribution in [0.5, 0.6) is 0 Å². The Hall–Kier alpha value is -3.80. The molecular weight excluding hydrogens is 526 g/mol. The number of amides is 1. The normalized spacial score (nSPS) is 19.1. The summed E-state index contributed by atoms with van der Waals surface area (Å²) in [6.07, 6.45) is 5.05. The lowest BCUT2D eigenvalue weighted by Crippen LogP contribution is -2.43. The van der Waals surface area contributed by atoms with Gasteiger partial charge >= 0.3 is 0 Å². The molecule has 216 valence electrons. The van der Waals surface area contributed by atoms with E-state index in [1.807, 2.05) is 43.3 Å². The summed E-state index contributed by atoms with van der Waals surface area (Å²) < 4.78 is 27.3. The number of piperazine rings is 1. The number of likely N-dealkylation sites (N-methyl/N-ethyl adjacent to an activating group) is 1. The van der Waals surface area contributed by atoms with Gasteiger partial charge in [-0.1, -0.05) is 12.1 Å². The first-order valence-corrected chi connectivity index (χ1v) is 13.8. The van der Waals surface area contributed by atoms with E-state index >= 15 is 0 Å². The summed E-state index contributed by atoms with van der Waals surface area (Å²) in [5.41, 5.74) is 5.13. The molecule has 2 aliphatic heterocycles. The molecule has 0 saturated carbocycles. The molecule has 5 rings (SSSR count). The topological polar surface area (TPSA) is 92.7 Å². The molecule has 0 bridgehead atoms. The number of halogens is 2. The van der Waals surface area contributed by atoms with Gasteiger partial charge in [0.25, 0.3) is 11.8 Å². The summed E-state index contributed by atoms with van der Waals surface area (Å²) in [5.74, 6) is -2.99. The molecule has 2 N–H and O–H groups in total. The minimum absolute atomic E-state index is 0.136. The second kappa shape index (κ2) is 12.4. The van der Waals surface area contributed by atoms with E-state index in [1.165, 1.54) is 0 Å². The largest absolute Gasteiger partial charge is 0.319 e. The summed E-state index contributed by atoms with van der Waals surface area (Å²) in [6, 6.07) is 9.51. The third kappa shape index (κ3) is 7.29. The number of nitrogens with one attached hydrogen (secondary N) is 2. The first-order valence-electron chi connectivity index (χ1n) is 13.8. The van der Waals surface area contributed by atoms with E-state index in [4.69, 9.17) is 0 Å². The molecule has 11 heteroatoms. The van der Waals surface area contributed by atoms with Gasteiger partial charge in [0, 0.05) is 63.8 Å². The van der Waals surface area contributed by atoms with Crippen LogP contribution in [0.15, 0.2) is 59.4 Å². The Morgan fingerprint density at radius 3 is 2.66 bits per heavy atom. The third-order valence-corrected chi connectivity index (χ3v) is 7.61. The van der Waals surface area contributed by atoms with Gasteiger partial charge in [0.1, 0.15) is 0 Å². The number of aromatic nitrogens is 3. The maximum Gasteiger partial charge on any atom is 0.276 e. The Bertz CT molecular complexity index is 1450. The summed E-state index contributed by atoms with van der Waals surface area (Å²) in [7, 11) is 2.13. The standard InChI is InChI=1S/C30H36F2N8O/c1-21(14-22(16-33-2)18-40-9-8-30(31,32)20-40)23-4-7-27-26(15-23)28(37-36-27)29(41)35-24-5-6-25(34-17-24)19-39-12-10-38(3)11-13-39/h4-7,14-17H,2,8-13,18-20H2,1,3H3,(H,35,41)(H,36,37)/b21-14+,22-16+. The van der Waals surface area contributed by atoms with Crippen molar-refractivity contribution in [2.75, 3.05) is 58.2 Å². The maximum absolute atomic E-state index is 13.7. The number of fused-ring (bicyclic) bond motifs is 1. The number of aliphatic imine (C=N–C) groups is 1. The Balaban J connectivity index is 1.27. The van der Waals surface area contributed by atoms with Crippen LogP contribution in [0.25, 0.3) is 16.5 Å². The molecule has 0 unspecified atom stereocenters. The highest BCUT2D eigenvalue weighted by Gasteiger charge is 2.38. The van der Waals surface area contributed by atoms with Crippen molar-refractivity contribution in [3.63, 3.8) is 0 Å². The van der Waals surface area contributed by atoms with Crippen LogP contribution in [0.1, 0.15) is 35.1 Å². The maximum atomic E-state index is 13.7. The molecule has 0 radical (unpaired) electrons. The smallest absolute Gasteiger partial charge is 0.276 e. The Labute approximate surface area is 238 Å². The molecule has 2 saturated heterocycles. The molecule has 2 aliphatic rings. The van der Waals surface area contributed by atoms with Crippen molar-refractivity contribution in [2.45, 2.75) is 25.8 Å². The summed E-state index contributed by atoms with van der Waals surface area (Å²) in [5, 5.41) is 10.8. The van der Waals surface area contributed by atoms with Gasteiger partial charge in [0.15, 0.2) is 5.69 Å². The number of hydrogen-bond acceptors (Lipinski definition) is 7. The zero-order valence-corrected chi connectivity index (χ0v) is 23.5. The number of benzene rings is 1. The number of carbonyl (C=O) groups excluding carboxylic acids is 1. The number of hydrogen-bond donors (Lipinski definition) is 2. The van der Waals surface area contributed by atoms with Crippen LogP contribution in [-0.2, 0) is 6.54 Å². The number of allylic oxidation sites excluding steroid dienone is 1. The Morgan fingerprint density at radius 1 is 1.17 bits per heavy atom. The molecule has 1 aromatic carbocycles. The minimum Gasteiger partial charge on any atom is -0.319 e. The van der Waals surface area contributed by atoms with Crippen LogP contribution < -0.4 is 5.32 Å². The van der Waals surface area contributed by atoms with E-state index in [0.717, 1.165) is 60.6 Å². The fraction of sp³-hybridized carbons (Fsp3) is 0.400. The minimum atomic E-state index is -2.66. The first kappa shape index (κ1) is 28.7. The fourth-order valence-electron chi connectivity index (χ4n) is 5.25. The lowest BCUT2D eigenvalue weighted by atomic mass is 10.0. The number of H-pyrrole nitrogens is 1. The molecule has 0 atom stereocenters. The van der Waals surface area contributed by atoms with Crippen LogP contribution in [0.2, 0.25) is 0 Å². The summed E-state index contributed by atoms with van der Waals surface area (Å²) >= 11 is 0. The molecule has 2 aromatic heterocycles. The number of aromatic amines is 1. The highest BCUT2D eigenvalue weighted by molar-refractivity contribution is 6.11. The average Bonchev–Trinajstić information content (AvgIpc) is 3.53. The third-order valence-electron chi connectivity index (χ3n) is 7.61. The van der Waals surface area contributed by atoms with Crippen molar-refractivity contribution >= 4 is 34.8 Å². The highest BCUT2D eigenvalue weighted by Crippen LogP contribution is 2.28. The summed E-state index contributed by atoms with van der Waals surface area (Å²) in [6.45, 7) is 10.8. The van der Waals surface area contributed by atoms with Gasteiger partial charge in [-0.15, -0.1) is 0 Å². The van der Waals surface area contributed by atoms with Crippen molar-refractivity contribution in [1.29, 1.82) is 0 Å². The van der Waals surface area contributed by atoms with Crippen molar-refractivity contribution in [2.24, 2.45) is 4.99 Å². The Kier molecular flexibility index (Phi) is 8.67. The number of likely N-dealkylation sites (tertiary alicyclic amines) is 1. The molecule has 4 heterocycles. The quantitative estimate of drug-likeness (QED) is 0.299. The predicted octanol–water partition coefficient (Wildman–Crippen LogP) is 4.29.